The van der Waals surface area contributed by atoms with Crippen molar-refractivity contribution in [2.24, 2.45) is 0 Å². The Morgan fingerprint density at radius 1 is 1.28 bits per heavy atom. The molecule has 1 aromatic rings. The van der Waals surface area contributed by atoms with Crippen LogP contribution in [0, 0.1) is 0 Å². The molecular formula is C17H16N2O6. The van der Waals surface area contributed by atoms with Gasteiger partial charge < -0.3 is 15.2 Å². The molecule has 2 N–H and O–H groups in total. The summed E-state index contributed by atoms with van der Waals surface area (Å²) in [5, 5.41) is 11.9. The van der Waals surface area contributed by atoms with Crippen molar-refractivity contribution in [2.45, 2.75) is 24.9 Å². The lowest BCUT2D eigenvalue weighted by atomic mass is 9.93. The first-order valence-corrected chi connectivity index (χ1v) is 7.65. The largest absolute Gasteiger partial charge is 0.477 e. The lowest BCUT2D eigenvalue weighted by Gasteiger charge is -2.43. The van der Waals surface area contributed by atoms with E-state index in [0.717, 1.165) is 17.6 Å². The van der Waals surface area contributed by atoms with Gasteiger partial charge in [0.25, 0.3) is 5.91 Å². The van der Waals surface area contributed by atoms with E-state index in [1.807, 2.05) is 18.2 Å². The van der Waals surface area contributed by atoms with E-state index in [0.29, 0.717) is 0 Å². The number of nitrogens with one attached hydrogen (secondary N) is 1. The molecule has 130 valence electrons. The van der Waals surface area contributed by atoms with E-state index in [-0.39, 0.29) is 30.0 Å². The molecule has 8 heteroatoms. The number of β-lactam (4-membered cyclic amide) rings is 1. The average molecular weight is 344 g/mol. The molecule has 2 amide bonds. The number of ether oxygens (including phenoxy) is 1. The van der Waals surface area contributed by atoms with Crippen molar-refractivity contribution in [1.82, 2.24) is 10.2 Å². The van der Waals surface area contributed by atoms with Gasteiger partial charge in [0, 0.05) is 6.42 Å². The fourth-order valence-corrected chi connectivity index (χ4v) is 3.18. The quantitative estimate of drug-likeness (QED) is 0.567. The molecule has 1 fully saturated rings. The second-order valence-corrected chi connectivity index (χ2v) is 5.81. The van der Waals surface area contributed by atoms with Crippen molar-refractivity contribution in [2.75, 3.05) is 7.11 Å². The van der Waals surface area contributed by atoms with Gasteiger partial charge in [0.15, 0.2) is 0 Å². The van der Waals surface area contributed by atoms with Crippen LogP contribution in [0.15, 0.2) is 41.6 Å². The molecule has 1 saturated heterocycles. The highest BCUT2D eigenvalue weighted by Crippen LogP contribution is 2.39. The molecule has 2 heterocycles. The van der Waals surface area contributed by atoms with Crippen molar-refractivity contribution in [3.63, 3.8) is 0 Å². The van der Waals surface area contributed by atoms with Gasteiger partial charge in [-0.15, -0.1) is 0 Å². The van der Waals surface area contributed by atoms with E-state index >= 15 is 0 Å². The molecule has 0 spiro atoms. The number of hydrogen-bond acceptors (Lipinski definition) is 5. The van der Waals surface area contributed by atoms with Gasteiger partial charge in [-0.3, -0.25) is 14.5 Å². The van der Waals surface area contributed by atoms with Crippen LogP contribution in [-0.4, -0.2) is 53.0 Å². The molecule has 3 rings (SSSR count). The van der Waals surface area contributed by atoms with Gasteiger partial charge in [0.1, 0.15) is 11.7 Å². The Morgan fingerprint density at radius 2 is 1.96 bits per heavy atom. The molecule has 2 aliphatic rings. The Morgan fingerprint density at radius 3 is 2.56 bits per heavy atom. The number of nitrogens with zero attached hydrogens (tertiary/aromatic N) is 1. The van der Waals surface area contributed by atoms with Crippen LogP contribution in [0.4, 0.5) is 0 Å². The molecule has 8 nitrogen and oxygen atoms in total. The second-order valence-electron chi connectivity index (χ2n) is 5.81. The Kier molecular flexibility index (Phi) is 4.26. The molecule has 2 aliphatic heterocycles. The number of aliphatic carboxylic acids is 1. The van der Waals surface area contributed by atoms with E-state index in [4.69, 9.17) is 0 Å². The Hall–Kier alpha value is -3.16. The van der Waals surface area contributed by atoms with Crippen LogP contribution in [0.5, 0.6) is 0 Å². The highest BCUT2D eigenvalue weighted by molar-refractivity contribution is 6.08. The number of benzene rings is 1. The number of carboxylic acid groups (broad SMARTS) is 1. The topological polar surface area (TPSA) is 113 Å². The third-order valence-electron chi connectivity index (χ3n) is 4.32. The summed E-state index contributed by atoms with van der Waals surface area (Å²) in [6, 6.07) is 7.62. The summed E-state index contributed by atoms with van der Waals surface area (Å²) in [5.41, 5.74) is 0.373. The molecule has 0 saturated carbocycles. The first-order chi connectivity index (χ1) is 11.9. The predicted molar refractivity (Wildman–Crippen MR) is 84.0 cm³/mol. The summed E-state index contributed by atoms with van der Waals surface area (Å²) in [4.78, 5) is 48.6. The molecule has 0 unspecified atom stereocenters. The first kappa shape index (κ1) is 16.7. The number of carboxylic acids is 1. The van der Waals surface area contributed by atoms with Gasteiger partial charge in [-0.2, -0.15) is 0 Å². The maximum atomic E-state index is 12.3. The summed E-state index contributed by atoms with van der Waals surface area (Å²) < 4.78 is 4.58. The van der Waals surface area contributed by atoms with Crippen LogP contribution in [0.3, 0.4) is 0 Å². The lowest BCUT2D eigenvalue weighted by Crippen LogP contribution is -2.68. The van der Waals surface area contributed by atoms with Crippen molar-refractivity contribution < 1.29 is 29.0 Å². The minimum absolute atomic E-state index is 0.0380. The smallest absolute Gasteiger partial charge is 0.353 e. The van der Waals surface area contributed by atoms with Gasteiger partial charge in [0.05, 0.1) is 25.1 Å². The number of esters is 1. The molecule has 1 aromatic carbocycles. The van der Waals surface area contributed by atoms with Crippen LogP contribution < -0.4 is 5.32 Å². The van der Waals surface area contributed by atoms with Gasteiger partial charge >= 0.3 is 11.9 Å². The number of rotatable bonds is 5. The molecule has 2 atom stereocenters. The summed E-state index contributed by atoms with van der Waals surface area (Å²) in [5.74, 6) is -3.03. The second kappa shape index (κ2) is 6.39. The molecule has 0 aromatic heterocycles. The van der Waals surface area contributed by atoms with Crippen LogP contribution >= 0.6 is 0 Å². The Labute approximate surface area is 143 Å². The summed E-state index contributed by atoms with van der Waals surface area (Å²) in [6.45, 7) is 0. The zero-order valence-electron chi connectivity index (χ0n) is 13.4. The van der Waals surface area contributed by atoms with Crippen molar-refractivity contribution in [3.05, 3.63) is 47.2 Å². The molecule has 0 radical (unpaired) electrons. The monoisotopic (exact) mass is 344 g/mol. The van der Waals surface area contributed by atoms with Crippen molar-refractivity contribution in [3.8, 4) is 0 Å². The van der Waals surface area contributed by atoms with Crippen LogP contribution in [0.1, 0.15) is 12.0 Å². The fraction of sp³-hybridized carbons (Fsp3) is 0.294. The third-order valence-corrected chi connectivity index (χ3v) is 4.32. The Balaban J connectivity index is 1.70. The summed E-state index contributed by atoms with van der Waals surface area (Å²) in [7, 11) is 1.14. The number of carbonyl (C=O) groups is 4. The maximum absolute atomic E-state index is 12.3. The highest BCUT2D eigenvalue weighted by Gasteiger charge is 2.57. The van der Waals surface area contributed by atoms with E-state index in [9.17, 15) is 24.3 Å². The maximum Gasteiger partial charge on any atom is 0.353 e. The normalized spacial score (nSPS) is 21.5. The average Bonchev–Trinajstić information content (AvgIpc) is 2.96. The zero-order valence-corrected chi connectivity index (χ0v) is 13.4. The van der Waals surface area contributed by atoms with Crippen molar-refractivity contribution >= 4 is 23.8 Å². The molecule has 0 aliphatic carbocycles. The van der Waals surface area contributed by atoms with Crippen LogP contribution in [0.25, 0.3) is 0 Å². The van der Waals surface area contributed by atoms with Gasteiger partial charge in [-0.1, -0.05) is 30.3 Å². The Bertz CT molecular complexity index is 786. The number of fused-ring (bicyclic) bond motifs is 1. The lowest BCUT2D eigenvalue weighted by molar-refractivity contribution is -0.152. The number of hydrogen-bond donors (Lipinski definition) is 2. The summed E-state index contributed by atoms with van der Waals surface area (Å²) in [6.07, 6.45) is 0.150. The van der Waals surface area contributed by atoms with Gasteiger partial charge in [-0.05, 0) is 5.56 Å². The number of methoxy groups -OCH3 is 1. The molecule has 0 bridgehead atoms. The molecule has 25 heavy (non-hydrogen) atoms. The zero-order chi connectivity index (χ0) is 18.1. The van der Waals surface area contributed by atoms with Gasteiger partial charge in [-0.25, -0.2) is 9.59 Å². The minimum atomic E-state index is -1.37. The number of amides is 2. The van der Waals surface area contributed by atoms with Crippen LogP contribution in [-0.2, 0) is 30.3 Å². The standard InChI is InChI=1S/C17H16N2O6/c1-25-17(24)10-8-11-13(15(21)19(11)14(10)16(22)23)18-12(20)7-9-5-3-2-4-6-9/h2-6,11,13H,7-8H2,1H3,(H,18,20)(H,22,23)/t11-,13+/m1/s1. The third kappa shape index (κ3) is 2.86. The van der Waals surface area contributed by atoms with E-state index < -0.39 is 29.9 Å². The van der Waals surface area contributed by atoms with Gasteiger partial charge in [0.2, 0.25) is 5.91 Å². The highest BCUT2D eigenvalue weighted by atomic mass is 16.5. The van der Waals surface area contributed by atoms with Crippen molar-refractivity contribution in [1.29, 1.82) is 0 Å². The predicted octanol–water partition coefficient (Wildman–Crippen LogP) is -0.160. The van der Waals surface area contributed by atoms with Crippen LogP contribution in [0.2, 0.25) is 0 Å². The summed E-state index contributed by atoms with van der Waals surface area (Å²) >= 11 is 0. The van der Waals surface area contributed by atoms with E-state index in [2.05, 4.69) is 10.1 Å². The SMILES string of the molecule is COC(=O)C1=C(C(=O)O)N2C(=O)[C@@H](NC(=O)Cc3ccccc3)[C@H]2C1. The number of carbonyl (C=O) groups excluding carboxylic acids is 3. The van der Waals surface area contributed by atoms with E-state index in [1.54, 1.807) is 12.1 Å². The first-order valence-electron chi connectivity index (χ1n) is 7.65. The molecular weight excluding hydrogens is 328 g/mol. The fourth-order valence-electron chi connectivity index (χ4n) is 3.18. The minimum Gasteiger partial charge on any atom is -0.477 e. The van der Waals surface area contributed by atoms with E-state index in [1.165, 1.54) is 0 Å².